The number of carbonyl (C=O) groups excluding carboxylic acids is 1. The average Bonchev–Trinajstić information content (AvgIpc) is 2.03. The van der Waals surface area contributed by atoms with Crippen LogP contribution in [0, 0.1) is 5.82 Å². The lowest BCUT2D eigenvalue weighted by molar-refractivity contribution is 0.264. The molecule has 0 aromatic heterocycles. The summed E-state index contributed by atoms with van der Waals surface area (Å²) in [6, 6.07) is 4.53. The molecular formula is C7H4BrClFNOS. The Balaban J connectivity index is 2.81. The molecule has 0 saturated heterocycles. The van der Waals surface area contributed by atoms with Crippen LogP contribution in [0.3, 0.4) is 0 Å². The van der Waals surface area contributed by atoms with Crippen molar-refractivity contribution in [3.63, 3.8) is 0 Å². The molecule has 70 valence electrons. The molecule has 0 fully saturated rings. The lowest BCUT2D eigenvalue weighted by Crippen LogP contribution is -2.05. The van der Waals surface area contributed by atoms with E-state index < -0.39 is 11.2 Å². The Morgan fingerprint density at radius 1 is 1.62 bits per heavy atom. The number of amides is 1. The summed E-state index contributed by atoms with van der Waals surface area (Å²) in [7, 11) is 0. The molecular weight excluding hydrogens is 281 g/mol. The van der Waals surface area contributed by atoms with Crippen LogP contribution in [0.15, 0.2) is 27.6 Å². The summed E-state index contributed by atoms with van der Waals surface area (Å²) < 4.78 is 15.8. The summed E-state index contributed by atoms with van der Waals surface area (Å²) in [6.45, 7) is 0. The maximum absolute atomic E-state index is 13.1. The predicted molar refractivity (Wildman–Crippen MR) is 54.3 cm³/mol. The number of carbonyl (C=O) groups is 1. The summed E-state index contributed by atoms with van der Waals surface area (Å²) in [5, 5.41) is -0.736. The van der Waals surface area contributed by atoms with E-state index in [4.69, 9.17) is 11.6 Å². The van der Waals surface area contributed by atoms with Gasteiger partial charge >= 0.3 is 5.37 Å². The van der Waals surface area contributed by atoms with E-state index in [1.165, 1.54) is 6.07 Å². The van der Waals surface area contributed by atoms with Gasteiger partial charge in [0.1, 0.15) is 5.82 Å². The van der Waals surface area contributed by atoms with Crippen molar-refractivity contribution in [1.82, 2.24) is 4.72 Å². The standard InChI is InChI=1S/C7H4BrClFNOS/c8-4-2-1-3-5(10)6(4)13-11-7(9)12/h1-3H,(H,11,12). The van der Waals surface area contributed by atoms with Gasteiger partial charge in [0.25, 0.3) is 0 Å². The second kappa shape index (κ2) is 4.83. The fourth-order valence-corrected chi connectivity index (χ4v) is 1.89. The molecule has 0 unspecified atom stereocenters. The van der Waals surface area contributed by atoms with E-state index >= 15 is 0 Å². The molecule has 6 heteroatoms. The smallest absolute Gasteiger partial charge is 0.282 e. The van der Waals surface area contributed by atoms with Gasteiger partial charge in [-0.3, -0.25) is 9.52 Å². The van der Waals surface area contributed by atoms with E-state index in [2.05, 4.69) is 20.7 Å². The first-order valence-corrected chi connectivity index (χ1v) is 5.16. The van der Waals surface area contributed by atoms with Crippen LogP contribution in [0.1, 0.15) is 0 Å². The van der Waals surface area contributed by atoms with Gasteiger partial charge in [-0.25, -0.2) is 4.39 Å². The van der Waals surface area contributed by atoms with E-state index in [0.717, 1.165) is 11.9 Å². The van der Waals surface area contributed by atoms with Gasteiger partial charge in [0.15, 0.2) is 0 Å². The van der Waals surface area contributed by atoms with Crippen molar-refractivity contribution in [1.29, 1.82) is 0 Å². The lowest BCUT2D eigenvalue weighted by atomic mass is 10.3. The van der Waals surface area contributed by atoms with Crippen molar-refractivity contribution >= 4 is 44.8 Å². The van der Waals surface area contributed by atoms with Crippen LogP contribution in [0.5, 0.6) is 0 Å². The van der Waals surface area contributed by atoms with Gasteiger partial charge in [0.05, 0.1) is 4.90 Å². The molecule has 0 aliphatic carbocycles. The summed E-state index contributed by atoms with van der Waals surface area (Å²) in [5.74, 6) is -0.412. The Kier molecular flexibility index (Phi) is 4.02. The summed E-state index contributed by atoms with van der Waals surface area (Å²) >= 11 is 8.99. The highest BCUT2D eigenvalue weighted by molar-refractivity contribution is 9.10. The van der Waals surface area contributed by atoms with Crippen LogP contribution in [-0.4, -0.2) is 5.37 Å². The first-order valence-electron chi connectivity index (χ1n) is 3.17. The predicted octanol–water partition coefficient (Wildman–Crippen LogP) is 3.54. The van der Waals surface area contributed by atoms with Gasteiger partial charge in [0.2, 0.25) is 0 Å². The molecule has 0 saturated carbocycles. The van der Waals surface area contributed by atoms with Crippen LogP contribution in [0.2, 0.25) is 0 Å². The molecule has 2 nitrogen and oxygen atoms in total. The molecule has 0 aliphatic rings. The highest BCUT2D eigenvalue weighted by Gasteiger charge is 2.07. The van der Waals surface area contributed by atoms with Crippen LogP contribution in [-0.2, 0) is 0 Å². The highest BCUT2D eigenvalue weighted by atomic mass is 79.9. The van der Waals surface area contributed by atoms with Gasteiger partial charge in [-0.15, -0.1) is 0 Å². The molecule has 0 atom stereocenters. The summed E-state index contributed by atoms with van der Waals surface area (Å²) in [5.41, 5.74) is 0. The second-order valence-electron chi connectivity index (χ2n) is 2.03. The van der Waals surface area contributed by atoms with Crippen molar-refractivity contribution in [3.8, 4) is 0 Å². The van der Waals surface area contributed by atoms with Crippen LogP contribution >= 0.6 is 39.5 Å². The Hall–Kier alpha value is -0.260. The largest absolute Gasteiger partial charge is 0.323 e. The molecule has 0 bridgehead atoms. The fourth-order valence-electron chi connectivity index (χ4n) is 0.671. The maximum atomic E-state index is 13.1. The van der Waals surface area contributed by atoms with Crippen LogP contribution in [0.4, 0.5) is 9.18 Å². The summed E-state index contributed by atoms with van der Waals surface area (Å²) in [6.07, 6.45) is 0. The number of hydrogen-bond donors (Lipinski definition) is 1. The van der Waals surface area contributed by atoms with Gasteiger partial charge in [-0.05, 0) is 51.6 Å². The molecule has 1 amide bonds. The minimum Gasteiger partial charge on any atom is -0.282 e. The zero-order valence-corrected chi connectivity index (χ0v) is 9.34. The first kappa shape index (κ1) is 10.8. The molecule has 1 N–H and O–H groups in total. The monoisotopic (exact) mass is 283 g/mol. The van der Waals surface area contributed by atoms with Gasteiger partial charge < -0.3 is 0 Å². The zero-order valence-electron chi connectivity index (χ0n) is 6.18. The molecule has 1 aromatic carbocycles. The van der Waals surface area contributed by atoms with E-state index in [1.54, 1.807) is 12.1 Å². The van der Waals surface area contributed by atoms with Crippen molar-refractivity contribution in [2.45, 2.75) is 4.90 Å². The molecule has 0 heterocycles. The number of nitrogens with one attached hydrogen (secondary N) is 1. The van der Waals surface area contributed by atoms with Crippen molar-refractivity contribution in [2.75, 3.05) is 0 Å². The van der Waals surface area contributed by atoms with E-state index in [-0.39, 0.29) is 0 Å². The van der Waals surface area contributed by atoms with Crippen molar-refractivity contribution in [2.24, 2.45) is 0 Å². The molecule has 1 rings (SSSR count). The number of hydrogen-bond acceptors (Lipinski definition) is 2. The lowest BCUT2D eigenvalue weighted by Gasteiger charge is -2.03. The average molecular weight is 285 g/mol. The fraction of sp³-hybridized carbons (Fsp3) is 0. The van der Waals surface area contributed by atoms with E-state index in [0.29, 0.717) is 9.37 Å². The normalized spacial score (nSPS) is 9.77. The van der Waals surface area contributed by atoms with E-state index in [1.807, 2.05) is 0 Å². The Bertz CT molecular complexity index is 316. The second-order valence-corrected chi connectivity index (χ2v) is 4.04. The third-order valence-electron chi connectivity index (χ3n) is 1.15. The summed E-state index contributed by atoms with van der Waals surface area (Å²) in [4.78, 5) is 10.6. The van der Waals surface area contributed by atoms with E-state index in [9.17, 15) is 9.18 Å². The number of rotatable bonds is 2. The third kappa shape index (κ3) is 3.17. The third-order valence-corrected chi connectivity index (χ3v) is 3.19. The molecule has 0 aliphatic heterocycles. The quantitative estimate of drug-likeness (QED) is 0.511. The minimum absolute atomic E-state index is 0.302. The Labute approximate surface area is 92.1 Å². The molecule has 1 aromatic rings. The maximum Gasteiger partial charge on any atom is 0.323 e. The highest BCUT2D eigenvalue weighted by Crippen LogP contribution is 2.28. The van der Waals surface area contributed by atoms with Crippen LogP contribution < -0.4 is 4.72 Å². The number of halogens is 3. The van der Waals surface area contributed by atoms with Gasteiger partial charge in [-0.1, -0.05) is 6.07 Å². The van der Waals surface area contributed by atoms with Gasteiger partial charge in [-0.2, -0.15) is 0 Å². The van der Waals surface area contributed by atoms with Crippen molar-refractivity contribution < 1.29 is 9.18 Å². The van der Waals surface area contributed by atoms with Crippen LogP contribution in [0.25, 0.3) is 0 Å². The Morgan fingerprint density at radius 3 is 2.85 bits per heavy atom. The number of benzene rings is 1. The molecule has 13 heavy (non-hydrogen) atoms. The Morgan fingerprint density at radius 2 is 2.31 bits per heavy atom. The topological polar surface area (TPSA) is 29.1 Å². The first-order chi connectivity index (χ1) is 6.11. The van der Waals surface area contributed by atoms with Gasteiger partial charge in [0, 0.05) is 4.47 Å². The zero-order chi connectivity index (χ0) is 9.84. The minimum atomic E-state index is -0.736. The molecule has 0 spiro atoms. The SMILES string of the molecule is O=C(Cl)NSc1c(F)cccc1Br. The van der Waals surface area contributed by atoms with Crippen molar-refractivity contribution in [3.05, 3.63) is 28.5 Å². The molecule has 0 radical (unpaired) electrons.